The molecule has 9 heteroatoms. The van der Waals surface area contributed by atoms with Crippen molar-refractivity contribution in [3.63, 3.8) is 0 Å². The molecule has 7 nitrogen and oxygen atoms in total. The van der Waals surface area contributed by atoms with Crippen LogP contribution in [0.15, 0.2) is 30.0 Å². The van der Waals surface area contributed by atoms with E-state index in [1.807, 2.05) is 19.9 Å². The molecule has 1 saturated carbocycles. The molecule has 1 amide bonds. The second-order valence-corrected chi connectivity index (χ2v) is 10.6. The van der Waals surface area contributed by atoms with E-state index in [4.69, 9.17) is 32.7 Å². The Labute approximate surface area is 209 Å². The lowest BCUT2D eigenvalue weighted by Gasteiger charge is -2.53. The molecule has 1 aliphatic carbocycles. The Morgan fingerprint density at radius 1 is 1.29 bits per heavy atom. The maximum Gasteiger partial charge on any atom is 0.320 e. The van der Waals surface area contributed by atoms with Gasteiger partial charge in [-0.1, -0.05) is 43.1 Å². The van der Waals surface area contributed by atoms with Gasteiger partial charge < -0.3 is 19.5 Å². The minimum absolute atomic E-state index is 0.0352. The van der Waals surface area contributed by atoms with E-state index in [1.54, 1.807) is 18.2 Å². The number of ether oxygens (including phenoxy) is 2. The second kappa shape index (κ2) is 9.51. The zero-order chi connectivity index (χ0) is 24.8. The van der Waals surface area contributed by atoms with Crippen LogP contribution in [0.25, 0.3) is 0 Å². The van der Waals surface area contributed by atoms with E-state index in [-0.39, 0.29) is 43.2 Å². The van der Waals surface area contributed by atoms with Crippen LogP contribution in [0.3, 0.4) is 0 Å². The molecular weight excluding hydrogens is 481 g/mol. The molecule has 0 aromatic heterocycles. The Bertz CT molecular complexity index is 1040. The quantitative estimate of drug-likeness (QED) is 0.535. The normalized spacial score (nSPS) is 29.0. The van der Waals surface area contributed by atoms with Crippen LogP contribution in [0, 0.1) is 23.2 Å². The standard InChI is InChI=1S/C25H29Cl2NO6/c1-13(2)19-10-20-25(24(32)33-3,22(34-19)14-4-5-14)11-16(8-21(29)30)23(31)28(20)12-15-6-7-17(26)9-18(15)27/h6-7,9-10,13-14,16,19,22H,4-5,8,11-12H2,1-3H3,(H,29,30)/t16-,19-,22-,25-/m0/s1. The van der Waals surface area contributed by atoms with E-state index in [0.717, 1.165) is 12.8 Å². The second-order valence-electron chi connectivity index (χ2n) is 9.78. The fourth-order valence-corrected chi connectivity index (χ4v) is 5.71. The van der Waals surface area contributed by atoms with Gasteiger partial charge in [-0.15, -0.1) is 0 Å². The highest BCUT2D eigenvalue weighted by atomic mass is 35.5. The molecule has 1 aromatic carbocycles. The molecule has 184 valence electrons. The molecule has 1 N–H and O–H groups in total. The minimum atomic E-state index is -1.27. The Morgan fingerprint density at radius 2 is 2.00 bits per heavy atom. The molecule has 34 heavy (non-hydrogen) atoms. The highest BCUT2D eigenvalue weighted by molar-refractivity contribution is 6.35. The molecule has 0 radical (unpaired) electrons. The first-order valence-corrected chi connectivity index (χ1v) is 12.3. The lowest BCUT2D eigenvalue weighted by atomic mass is 9.64. The van der Waals surface area contributed by atoms with E-state index in [0.29, 0.717) is 21.3 Å². The lowest BCUT2D eigenvalue weighted by Crippen LogP contribution is -2.61. The van der Waals surface area contributed by atoms with Gasteiger partial charge in [-0.25, -0.2) is 0 Å². The molecule has 4 rings (SSSR count). The predicted molar refractivity (Wildman–Crippen MR) is 126 cm³/mol. The van der Waals surface area contributed by atoms with Crippen molar-refractivity contribution < 1.29 is 29.0 Å². The number of carbonyl (C=O) groups excluding carboxylic acids is 2. The number of hydrogen-bond acceptors (Lipinski definition) is 5. The number of amides is 1. The van der Waals surface area contributed by atoms with Crippen molar-refractivity contribution in [2.75, 3.05) is 7.11 Å². The molecular formula is C25H29Cl2NO6. The molecule has 2 heterocycles. The van der Waals surface area contributed by atoms with Gasteiger partial charge in [0.25, 0.3) is 0 Å². The maximum atomic E-state index is 13.7. The van der Waals surface area contributed by atoms with Crippen molar-refractivity contribution in [3.05, 3.63) is 45.6 Å². The fraction of sp³-hybridized carbons (Fsp3) is 0.560. The fourth-order valence-electron chi connectivity index (χ4n) is 5.24. The third-order valence-electron chi connectivity index (χ3n) is 7.06. The summed E-state index contributed by atoms with van der Waals surface area (Å²) in [5.74, 6) is -2.61. The van der Waals surface area contributed by atoms with Crippen LogP contribution >= 0.6 is 23.2 Å². The monoisotopic (exact) mass is 509 g/mol. The van der Waals surface area contributed by atoms with Crippen LogP contribution in [-0.4, -0.2) is 47.2 Å². The Balaban J connectivity index is 1.89. The Kier molecular flexibility index (Phi) is 7.00. The summed E-state index contributed by atoms with van der Waals surface area (Å²) < 4.78 is 11.8. The van der Waals surface area contributed by atoms with Gasteiger partial charge in [0, 0.05) is 15.7 Å². The third-order valence-corrected chi connectivity index (χ3v) is 7.65. The molecule has 2 fully saturated rings. The van der Waals surface area contributed by atoms with Gasteiger partial charge in [0.2, 0.25) is 5.91 Å². The van der Waals surface area contributed by atoms with Gasteiger partial charge in [0.1, 0.15) is 5.41 Å². The number of piperidine rings is 1. The van der Waals surface area contributed by atoms with Gasteiger partial charge in [0.15, 0.2) is 0 Å². The summed E-state index contributed by atoms with van der Waals surface area (Å²) >= 11 is 12.5. The molecule has 0 bridgehead atoms. The molecule has 4 atom stereocenters. The highest BCUT2D eigenvalue weighted by Crippen LogP contribution is 2.56. The van der Waals surface area contributed by atoms with Crippen LogP contribution in [0.1, 0.15) is 45.1 Å². The van der Waals surface area contributed by atoms with Gasteiger partial charge in [0.05, 0.1) is 38.2 Å². The van der Waals surface area contributed by atoms with Crippen molar-refractivity contribution in [2.24, 2.45) is 23.2 Å². The summed E-state index contributed by atoms with van der Waals surface area (Å²) in [6, 6.07) is 5.01. The van der Waals surface area contributed by atoms with Crippen LogP contribution in [-0.2, 0) is 30.4 Å². The third kappa shape index (κ3) is 4.45. The highest BCUT2D eigenvalue weighted by Gasteiger charge is 2.63. The number of rotatable bonds is 7. The molecule has 0 unspecified atom stereocenters. The van der Waals surface area contributed by atoms with Gasteiger partial charge in [-0.05, 0) is 54.9 Å². The first-order valence-electron chi connectivity index (χ1n) is 11.5. The largest absolute Gasteiger partial charge is 0.481 e. The predicted octanol–water partition coefficient (Wildman–Crippen LogP) is 4.69. The minimum Gasteiger partial charge on any atom is -0.481 e. The lowest BCUT2D eigenvalue weighted by molar-refractivity contribution is -0.183. The number of benzene rings is 1. The Morgan fingerprint density at radius 3 is 2.56 bits per heavy atom. The smallest absolute Gasteiger partial charge is 0.320 e. The topological polar surface area (TPSA) is 93.1 Å². The van der Waals surface area contributed by atoms with E-state index in [2.05, 4.69) is 0 Å². The van der Waals surface area contributed by atoms with Gasteiger partial charge >= 0.3 is 11.9 Å². The van der Waals surface area contributed by atoms with Crippen LogP contribution in [0.5, 0.6) is 0 Å². The summed E-state index contributed by atoms with van der Waals surface area (Å²) in [7, 11) is 1.32. The van der Waals surface area contributed by atoms with Crippen LogP contribution in [0.4, 0.5) is 0 Å². The number of likely N-dealkylation sites (tertiary alicyclic amines) is 1. The zero-order valence-electron chi connectivity index (χ0n) is 19.4. The molecule has 3 aliphatic rings. The SMILES string of the molecule is COC(=O)[C@@]12C[C@H](CC(=O)O)C(=O)N(Cc3ccc(Cl)cc3Cl)C1=C[C@@H](C(C)C)O[C@H]2C1CC1. The van der Waals surface area contributed by atoms with E-state index >= 15 is 0 Å². The number of aliphatic carboxylic acids is 1. The van der Waals surface area contributed by atoms with Crippen LogP contribution < -0.4 is 0 Å². The number of carbonyl (C=O) groups is 3. The number of fused-ring (bicyclic) bond motifs is 1. The van der Waals surface area contributed by atoms with Crippen molar-refractivity contribution in [3.8, 4) is 0 Å². The van der Waals surface area contributed by atoms with Crippen molar-refractivity contribution in [2.45, 2.75) is 58.3 Å². The summed E-state index contributed by atoms with van der Waals surface area (Å²) in [4.78, 5) is 40.4. The van der Waals surface area contributed by atoms with E-state index < -0.39 is 29.4 Å². The number of halogens is 2. The molecule has 0 spiro atoms. The molecule has 1 saturated heterocycles. The first-order chi connectivity index (χ1) is 16.1. The number of nitrogens with zero attached hydrogens (tertiary/aromatic N) is 1. The summed E-state index contributed by atoms with van der Waals surface area (Å²) in [6.07, 6.45) is 2.50. The van der Waals surface area contributed by atoms with E-state index in [9.17, 15) is 19.5 Å². The first kappa shape index (κ1) is 25.0. The number of methoxy groups -OCH3 is 1. The number of carboxylic acid groups (broad SMARTS) is 1. The number of carboxylic acids is 1. The summed E-state index contributed by atoms with van der Waals surface area (Å²) in [5.41, 5.74) is -0.0988. The van der Waals surface area contributed by atoms with Gasteiger partial charge in [-0.2, -0.15) is 0 Å². The number of hydrogen-bond donors (Lipinski definition) is 1. The Hall–Kier alpha value is -2.09. The van der Waals surface area contributed by atoms with Crippen molar-refractivity contribution >= 4 is 41.0 Å². The van der Waals surface area contributed by atoms with E-state index in [1.165, 1.54) is 12.0 Å². The summed E-state index contributed by atoms with van der Waals surface area (Å²) in [6.45, 7) is 4.13. The summed E-state index contributed by atoms with van der Waals surface area (Å²) in [5, 5.41) is 10.4. The number of esters is 1. The molecule has 1 aromatic rings. The average molecular weight is 510 g/mol. The van der Waals surface area contributed by atoms with Gasteiger partial charge in [-0.3, -0.25) is 14.4 Å². The zero-order valence-corrected chi connectivity index (χ0v) is 20.9. The van der Waals surface area contributed by atoms with Crippen molar-refractivity contribution in [1.29, 1.82) is 0 Å². The van der Waals surface area contributed by atoms with Crippen LogP contribution in [0.2, 0.25) is 10.0 Å². The average Bonchev–Trinajstić information content (AvgIpc) is 3.61. The molecule has 2 aliphatic heterocycles. The van der Waals surface area contributed by atoms with Crippen molar-refractivity contribution in [1.82, 2.24) is 4.90 Å². The maximum absolute atomic E-state index is 13.7.